The summed E-state index contributed by atoms with van der Waals surface area (Å²) in [5, 5.41) is 5.77. The van der Waals surface area contributed by atoms with Crippen molar-refractivity contribution in [3.05, 3.63) is 77.9 Å². The maximum atomic E-state index is 5.33. The Labute approximate surface area is 228 Å². The summed E-state index contributed by atoms with van der Waals surface area (Å²) in [5.74, 6) is 2.37. The number of aromatic nitrogens is 5. The van der Waals surface area contributed by atoms with Crippen molar-refractivity contribution in [1.29, 1.82) is 0 Å². The summed E-state index contributed by atoms with van der Waals surface area (Å²) < 4.78 is 0. The molecule has 1 saturated heterocycles. The highest BCUT2D eigenvalue weighted by molar-refractivity contribution is 5.97. The van der Waals surface area contributed by atoms with Gasteiger partial charge in [0.05, 0.1) is 11.7 Å². The molecule has 2 aliphatic carbocycles. The molecule has 0 unspecified atom stereocenters. The Morgan fingerprint density at radius 1 is 0.923 bits per heavy atom. The Balaban J connectivity index is 1.30. The highest BCUT2D eigenvalue weighted by Crippen LogP contribution is 2.49. The van der Waals surface area contributed by atoms with E-state index in [2.05, 4.69) is 68.8 Å². The molecule has 5 aromatic rings. The smallest absolute Gasteiger partial charge is 0.163 e. The second kappa shape index (κ2) is 9.12. The van der Waals surface area contributed by atoms with Crippen LogP contribution in [-0.2, 0) is 5.41 Å². The van der Waals surface area contributed by atoms with Gasteiger partial charge in [-0.1, -0.05) is 43.2 Å². The number of nitrogens with zero attached hydrogens (tertiary/aromatic N) is 5. The van der Waals surface area contributed by atoms with Gasteiger partial charge in [-0.25, -0.2) is 15.0 Å². The first-order chi connectivity index (χ1) is 19.3. The number of hydrogen-bond acceptors (Lipinski definition) is 6. The van der Waals surface area contributed by atoms with Gasteiger partial charge in [-0.05, 0) is 54.9 Å². The molecule has 1 aliphatic heterocycles. The van der Waals surface area contributed by atoms with Gasteiger partial charge in [0.15, 0.2) is 5.82 Å². The molecule has 196 valence electrons. The number of H-pyrrole nitrogens is 1. The first kappa shape index (κ1) is 23.1. The fourth-order valence-corrected chi connectivity index (χ4v) is 6.82. The standard InChI is InChI=1S/C32H33N7/c1-2-8-22(9-3-1)32(11-5-12-32)27-18-24-23(10-13-35-29(24)37-27)30-36-26-20-34-19-25(21-6-4-7-21)28(26)31(38-30)39-16-14-33-15-17-39/h1-3,8-10,13,18-21,33H,4-7,11-12,14-17H2,(H,35,37). The Kier molecular flexibility index (Phi) is 5.40. The molecule has 7 heteroatoms. The van der Waals surface area contributed by atoms with E-state index in [1.807, 2.05) is 12.4 Å². The van der Waals surface area contributed by atoms with Crippen molar-refractivity contribution < 1.29 is 0 Å². The van der Waals surface area contributed by atoms with Crippen LogP contribution in [0, 0.1) is 0 Å². The van der Waals surface area contributed by atoms with Gasteiger partial charge >= 0.3 is 0 Å². The average molecular weight is 516 g/mol. The van der Waals surface area contributed by atoms with Crippen molar-refractivity contribution in [3.8, 4) is 11.4 Å². The van der Waals surface area contributed by atoms with Gasteiger partial charge in [-0.15, -0.1) is 0 Å². The lowest BCUT2D eigenvalue weighted by molar-refractivity contribution is 0.295. The van der Waals surface area contributed by atoms with Crippen LogP contribution in [0.25, 0.3) is 33.3 Å². The highest BCUT2D eigenvalue weighted by atomic mass is 15.2. The van der Waals surface area contributed by atoms with E-state index in [4.69, 9.17) is 15.0 Å². The predicted molar refractivity (Wildman–Crippen MR) is 155 cm³/mol. The van der Waals surface area contributed by atoms with Crippen molar-refractivity contribution >= 4 is 27.8 Å². The molecule has 3 aliphatic rings. The quantitative estimate of drug-likeness (QED) is 0.312. The number of hydrogen-bond donors (Lipinski definition) is 2. The van der Waals surface area contributed by atoms with Crippen molar-refractivity contribution in [1.82, 2.24) is 30.2 Å². The number of rotatable bonds is 5. The van der Waals surface area contributed by atoms with E-state index < -0.39 is 0 Å². The minimum absolute atomic E-state index is 0.0248. The van der Waals surface area contributed by atoms with E-state index in [1.165, 1.54) is 47.9 Å². The van der Waals surface area contributed by atoms with Gasteiger partial charge in [0.1, 0.15) is 11.5 Å². The van der Waals surface area contributed by atoms with Gasteiger partial charge in [0, 0.05) is 66.0 Å². The molecule has 4 aromatic heterocycles. The van der Waals surface area contributed by atoms with Crippen molar-refractivity contribution in [2.75, 3.05) is 31.1 Å². The molecule has 39 heavy (non-hydrogen) atoms. The summed E-state index contributed by atoms with van der Waals surface area (Å²) in [6, 6.07) is 15.3. The molecular formula is C32H33N7. The summed E-state index contributed by atoms with van der Waals surface area (Å²) in [6.07, 6.45) is 13.1. The number of aromatic amines is 1. The molecule has 0 amide bonds. The number of anilines is 1. The minimum Gasteiger partial charge on any atom is -0.353 e. The summed E-state index contributed by atoms with van der Waals surface area (Å²) in [7, 11) is 0. The minimum atomic E-state index is 0.0248. The number of fused-ring (bicyclic) bond motifs is 2. The topological polar surface area (TPSA) is 82.6 Å². The second-order valence-electron chi connectivity index (χ2n) is 11.5. The molecule has 0 atom stereocenters. The molecule has 0 spiro atoms. The van der Waals surface area contributed by atoms with Gasteiger partial charge in [0.25, 0.3) is 0 Å². The summed E-state index contributed by atoms with van der Waals surface area (Å²) in [6.45, 7) is 3.81. The van der Waals surface area contributed by atoms with Crippen molar-refractivity contribution in [2.24, 2.45) is 0 Å². The maximum absolute atomic E-state index is 5.33. The van der Waals surface area contributed by atoms with E-state index >= 15 is 0 Å². The highest BCUT2D eigenvalue weighted by Gasteiger charge is 2.41. The first-order valence-corrected chi connectivity index (χ1v) is 14.5. The number of pyridine rings is 2. The fourth-order valence-electron chi connectivity index (χ4n) is 6.82. The summed E-state index contributed by atoms with van der Waals surface area (Å²) in [4.78, 5) is 26.0. The normalized spacial score (nSPS) is 19.2. The van der Waals surface area contributed by atoms with Crippen LogP contribution >= 0.6 is 0 Å². The molecule has 1 aromatic carbocycles. The zero-order chi connectivity index (χ0) is 25.8. The molecule has 2 saturated carbocycles. The number of piperazine rings is 1. The molecule has 2 N–H and O–H groups in total. The van der Waals surface area contributed by atoms with Crippen LogP contribution in [0.3, 0.4) is 0 Å². The molecule has 3 fully saturated rings. The van der Waals surface area contributed by atoms with Crippen LogP contribution in [0.15, 0.2) is 61.1 Å². The molecule has 0 bridgehead atoms. The monoisotopic (exact) mass is 515 g/mol. The number of benzene rings is 1. The largest absolute Gasteiger partial charge is 0.353 e. The predicted octanol–water partition coefficient (Wildman–Crippen LogP) is 5.72. The lowest BCUT2D eigenvalue weighted by atomic mass is 9.62. The second-order valence-corrected chi connectivity index (χ2v) is 11.5. The van der Waals surface area contributed by atoms with Crippen LogP contribution in [0.2, 0.25) is 0 Å². The SMILES string of the molecule is c1ccc(C2(c3cc4c(-c5nc(N6CCNCC6)c6c(C7CCC7)cncc6n5)ccnc4[nH]3)CCC2)cc1. The molecule has 0 radical (unpaired) electrons. The summed E-state index contributed by atoms with van der Waals surface area (Å²) in [5.41, 5.74) is 6.83. The van der Waals surface area contributed by atoms with E-state index in [1.54, 1.807) is 0 Å². The third kappa shape index (κ3) is 3.67. The van der Waals surface area contributed by atoms with Crippen molar-refractivity contribution in [3.63, 3.8) is 0 Å². The Bertz CT molecular complexity index is 1660. The van der Waals surface area contributed by atoms with Gasteiger partial charge in [-0.2, -0.15) is 0 Å². The van der Waals surface area contributed by atoms with Crippen LogP contribution in [0.4, 0.5) is 5.82 Å². The van der Waals surface area contributed by atoms with E-state index in [9.17, 15) is 0 Å². The van der Waals surface area contributed by atoms with Crippen LogP contribution in [0.1, 0.15) is 61.3 Å². The Morgan fingerprint density at radius 2 is 1.77 bits per heavy atom. The maximum Gasteiger partial charge on any atom is 0.163 e. The lowest BCUT2D eigenvalue weighted by Gasteiger charge is -2.42. The first-order valence-electron chi connectivity index (χ1n) is 14.5. The van der Waals surface area contributed by atoms with E-state index in [0.717, 1.165) is 72.8 Å². The lowest BCUT2D eigenvalue weighted by Crippen LogP contribution is -2.44. The summed E-state index contributed by atoms with van der Waals surface area (Å²) >= 11 is 0. The Morgan fingerprint density at radius 3 is 2.51 bits per heavy atom. The van der Waals surface area contributed by atoms with Gasteiger partial charge in [-0.3, -0.25) is 4.98 Å². The molecule has 8 rings (SSSR count). The molecule has 7 nitrogen and oxygen atoms in total. The Hall–Kier alpha value is -3.84. The third-order valence-corrected chi connectivity index (χ3v) is 9.40. The zero-order valence-corrected chi connectivity index (χ0v) is 22.2. The third-order valence-electron chi connectivity index (χ3n) is 9.40. The van der Waals surface area contributed by atoms with Gasteiger partial charge in [0.2, 0.25) is 0 Å². The van der Waals surface area contributed by atoms with Crippen LogP contribution in [-0.4, -0.2) is 51.1 Å². The number of nitrogens with one attached hydrogen (secondary N) is 2. The van der Waals surface area contributed by atoms with E-state index in [0.29, 0.717) is 5.92 Å². The van der Waals surface area contributed by atoms with Crippen LogP contribution < -0.4 is 10.2 Å². The van der Waals surface area contributed by atoms with Crippen molar-refractivity contribution in [2.45, 2.75) is 49.9 Å². The average Bonchev–Trinajstić information content (AvgIpc) is 3.36. The van der Waals surface area contributed by atoms with E-state index in [-0.39, 0.29) is 5.41 Å². The van der Waals surface area contributed by atoms with Crippen LogP contribution in [0.5, 0.6) is 0 Å². The van der Waals surface area contributed by atoms with Gasteiger partial charge < -0.3 is 15.2 Å². The molecular weight excluding hydrogens is 482 g/mol. The zero-order valence-electron chi connectivity index (χ0n) is 22.2. The fraction of sp³-hybridized carbons (Fsp3) is 0.375. The molecule has 5 heterocycles.